The van der Waals surface area contributed by atoms with Crippen molar-refractivity contribution < 1.29 is 4.79 Å². The van der Waals surface area contributed by atoms with Crippen molar-refractivity contribution in [2.24, 2.45) is 0 Å². The Labute approximate surface area is 122 Å². The maximum Gasteiger partial charge on any atom is 0.274 e. The minimum Gasteiger partial charge on any atom is -0.396 e. The smallest absolute Gasteiger partial charge is 0.274 e. The first kappa shape index (κ1) is 13.2. The van der Waals surface area contributed by atoms with Gasteiger partial charge in [-0.3, -0.25) is 9.48 Å². The van der Waals surface area contributed by atoms with Crippen LogP contribution < -0.4 is 5.73 Å². The van der Waals surface area contributed by atoms with E-state index in [-0.39, 0.29) is 11.9 Å². The van der Waals surface area contributed by atoms with Gasteiger partial charge >= 0.3 is 0 Å². The molecule has 2 N–H and O–H groups in total. The van der Waals surface area contributed by atoms with Crippen LogP contribution in [-0.2, 0) is 6.54 Å². The highest BCUT2D eigenvalue weighted by Gasteiger charge is 2.33. The Hall–Kier alpha value is -1.82. The molecule has 3 heterocycles. The molecule has 1 aliphatic heterocycles. The summed E-state index contributed by atoms with van der Waals surface area (Å²) in [5.41, 5.74) is 6.91. The quantitative estimate of drug-likeness (QED) is 0.944. The number of hydrogen-bond donors (Lipinski definition) is 1. The predicted molar refractivity (Wildman–Crippen MR) is 79.6 cm³/mol. The van der Waals surface area contributed by atoms with Crippen molar-refractivity contribution in [2.45, 2.75) is 32.4 Å². The third kappa shape index (κ3) is 2.10. The summed E-state index contributed by atoms with van der Waals surface area (Å²) < 4.78 is 1.68. The van der Waals surface area contributed by atoms with E-state index in [2.05, 4.69) is 16.5 Å². The molecule has 1 saturated heterocycles. The molecule has 0 saturated carbocycles. The van der Waals surface area contributed by atoms with Crippen LogP contribution in [0.5, 0.6) is 0 Å². The largest absolute Gasteiger partial charge is 0.396 e. The highest BCUT2D eigenvalue weighted by molar-refractivity contribution is 7.10. The Kier molecular flexibility index (Phi) is 3.48. The van der Waals surface area contributed by atoms with Gasteiger partial charge in [-0.05, 0) is 31.2 Å². The van der Waals surface area contributed by atoms with Crippen LogP contribution in [0.4, 0.5) is 5.69 Å². The number of nitrogens with two attached hydrogens (primary N) is 1. The summed E-state index contributed by atoms with van der Waals surface area (Å²) in [6, 6.07) is 4.31. The van der Waals surface area contributed by atoms with Gasteiger partial charge in [-0.15, -0.1) is 11.3 Å². The van der Waals surface area contributed by atoms with Crippen LogP contribution in [0.25, 0.3) is 0 Å². The number of amides is 1. The monoisotopic (exact) mass is 290 g/mol. The molecule has 5 nitrogen and oxygen atoms in total. The Balaban J connectivity index is 1.91. The van der Waals surface area contributed by atoms with Gasteiger partial charge in [0.1, 0.15) is 5.69 Å². The molecule has 1 unspecified atom stereocenters. The average molecular weight is 290 g/mol. The second-order valence-electron chi connectivity index (χ2n) is 4.94. The van der Waals surface area contributed by atoms with E-state index in [0.717, 1.165) is 19.4 Å². The van der Waals surface area contributed by atoms with Crippen molar-refractivity contribution in [3.05, 3.63) is 34.3 Å². The highest BCUT2D eigenvalue weighted by Crippen LogP contribution is 2.35. The summed E-state index contributed by atoms with van der Waals surface area (Å²) in [6.07, 6.45) is 3.62. The lowest BCUT2D eigenvalue weighted by Gasteiger charge is -2.24. The highest BCUT2D eigenvalue weighted by atomic mass is 32.1. The molecule has 0 bridgehead atoms. The van der Waals surface area contributed by atoms with Gasteiger partial charge in [0, 0.05) is 18.0 Å². The first-order valence-electron chi connectivity index (χ1n) is 6.88. The summed E-state index contributed by atoms with van der Waals surface area (Å²) in [7, 11) is 0. The number of anilines is 1. The Morgan fingerprint density at radius 2 is 2.45 bits per heavy atom. The molecule has 1 fully saturated rings. The normalized spacial score (nSPS) is 18.6. The molecule has 0 aliphatic carbocycles. The number of carbonyl (C=O) groups excluding carboxylic acids is 1. The van der Waals surface area contributed by atoms with Crippen LogP contribution in [0.2, 0.25) is 0 Å². The third-order valence-corrected chi connectivity index (χ3v) is 4.73. The summed E-state index contributed by atoms with van der Waals surface area (Å²) in [5.74, 6) is -0.00208. The number of aromatic nitrogens is 2. The molecule has 6 heteroatoms. The van der Waals surface area contributed by atoms with E-state index in [0.29, 0.717) is 17.9 Å². The molecule has 2 aromatic heterocycles. The fourth-order valence-electron chi connectivity index (χ4n) is 2.80. The van der Waals surface area contributed by atoms with Crippen molar-refractivity contribution in [1.29, 1.82) is 0 Å². The number of rotatable bonds is 3. The van der Waals surface area contributed by atoms with Crippen LogP contribution in [0, 0.1) is 0 Å². The molecule has 0 aromatic carbocycles. The van der Waals surface area contributed by atoms with Gasteiger partial charge in [-0.1, -0.05) is 6.07 Å². The molecule has 1 aliphatic rings. The van der Waals surface area contributed by atoms with Gasteiger partial charge in [-0.25, -0.2) is 0 Å². The number of carbonyl (C=O) groups is 1. The van der Waals surface area contributed by atoms with Gasteiger partial charge in [0.05, 0.1) is 17.9 Å². The van der Waals surface area contributed by atoms with Gasteiger partial charge in [0.25, 0.3) is 5.91 Å². The Morgan fingerprint density at radius 3 is 3.15 bits per heavy atom. The van der Waals surface area contributed by atoms with E-state index in [9.17, 15) is 4.79 Å². The van der Waals surface area contributed by atoms with Crippen LogP contribution >= 0.6 is 11.3 Å². The lowest BCUT2D eigenvalue weighted by molar-refractivity contribution is 0.0726. The summed E-state index contributed by atoms with van der Waals surface area (Å²) in [5, 5.41) is 6.22. The number of likely N-dealkylation sites (tertiary alicyclic amines) is 1. The molecule has 106 valence electrons. The standard InChI is InChI=1S/C14H18N4OS/c1-2-18-13(10(15)9-16-18)14(19)17-7-3-5-11(17)12-6-4-8-20-12/h4,6,8-9,11H,2-3,5,7,15H2,1H3. The molecule has 1 amide bonds. The SMILES string of the molecule is CCn1ncc(N)c1C(=O)N1CCCC1c1cccs1. The Morgan fingerprint density at radius 1 is 1.60 bits per heavy atom. The second kappa shape index (κ2) is 5.28. The molecular formula is C14H18N4OS. The van der Waals surface area contributed by atoms with E-state index in [1.807, 2.05) is 17.9 Å². The zero-order valence-electron chi connectivity index (χ0n) is 11.5. The van der Waals surface area contributed by atoms with Gasteiger partial charge < -0.3 is 10.6 Å². The van der Waals surface area contributed by atoms with Crippen molar-refractivity contribution in [3.63, 3.8) is 0 Å². The van der Waals surface area contributed by atoms with E-state index in [1.165, 1.54) is 4.88 Å². The van der Waals surface area contributed by atoms with Crippen molar-refractivity contribution >= 4 is 22.9 Å². The van der Waals surface area contributed by atoms with Gasteiger partial charge in [-0.2, -0.15) is 5.10 Å². The van der Waals surface area contributed by atoms with E-state index >= 15 is 0 Å². The molecule has 0 radical (unpaired) electrons. The maximum absolute atomic E-state index is 12.8. The van der Waals surface area contributed by atoms with Crippen molar-refractivity contribution in [2.75, 3.05) is 12.3 Å². The molecule has 0 spiro atoms. The van der Waals surface area contributed by atoms with Crippen LogP contribution in [0.1, 0.15) is 41.2 Å². The average Bonchev–Trinajstić information content (AvgIpc) is 3.17. The zero-order valence-corrected chi connectivity index (χ0v) is 12.3. The van der Waals surface area contributed by atoms with E-state index < -0.39 is 0 Å². The van der Waals surface area contributed by atoms with Crippen LogP contribution in [0.15, 0.2) is 23.7 Å². The minimum absolute atomic E-state index is 0.00208. The van der Waals surface area contributed by atoms with E-state index in [1.54, 1.807) is 22.2 Å². The second-order valence-corrected chi connectivity index (χ2v) is 5.92. The van der Waals surface area contributed by atoms with Gasteiger partial charge in [0.15, 0.2) is 0 Å². The number of nitrogens with zero attached hydrogens (tertiary/aromatic N) is 3. The van der Waals surface area contributed by atoms with E-state index in [4.69, 9.17) is 5.73 Å². The summed E-state index contributed by atoms with van der Waals surface area (Å²) >= 11 is 1.71. The summed E-state index contributed by atoms with van der Waals surface area (Å²) in [4.78, 5) is 16.0. The van der Waals surface area contributed by atoms with Crippen molar-refractivity contribution in [1.82, 2.24) is 14.7 Å². The molecule has 3 rings (SSSR count). The molecule has 1 atom stereocenters. The number of thiophene rings is 1. The minimum atomic E-state index is -0.00208. The fourth-order valence-corrected chi connectivity index (χ4v) is 3.67. The lowest BCUT2D eigenvalue weighted by atomic mass is 10.2. The van der Waals surface area contributed by atoms with Crippen molar-refractivity contribution in [3.8, 4) is 0 Å². The van der Waals surface area contributed by atoms with Crippen LogP contribution in [-0.4, -0.2) is 27.1 Å². The van der Waals surface area contributed by atoms with Crippen LogP contribution in [0.3, 0.4) is 0 Å². The topological polar surface area (TPSA) is 64.2 Å². The number of hydrogen-bond acceptors (Lipinski definition) is 4. The molecule has 20 heavy (non-hydrogen) atoms. The number of nitrogen functional groups attached to an aromatic ring is 1. The summed E-state index contributed by atoms with van der Waals surface area (Å²) in [6.45, 7) is 3.40. The molecular weight excluding hydrogens is 272 g/mol. The Bertz CT molecular complexity index is 605. The fraction of sp³-hybridized carbons (Fsp3) is 0.429. The first-order chi connectivity index (χ1) is 9.72. The van der Waals surface area contributed by atoms with Gasteiger partial charge in [0.2, 0.25) is 0 Å². The predicted octanol–water partition coefficient (Wildman–Crippen LogP) is 2.52. The third-order valence-electron chi connectivity index (χ3n) is 3.76. The zero-order chi connectivity index (χ0) is 14.1. The first-order valence-corrected chi connectivity index (χ1v) is 7.76. The maximum atomic E-state index is 12.8. The molecule has 2 aromatic rings. The number of aryl methyl sites for hydroxylation is 1. The lowest BCUT2D eigenvalue weighted by Crippen LogP contribution is -2.32.